The Morgan fingerprint density at radius 2 is 1.90 bits per heavy atom. The maximum absolute atomic E-state index is 9.51. The van der Waals surface area contributed by atoms with E-state index in [4.69, 9.17) is 11.5 Å². The van der Waals surface area contributed by atoms with Crippen molar-refractivity contribution < 1.29 is 10.2 Å². The van der Waals surface area contributed by atoms with E-state index in [1.807, 2.05) is 4.57 Å². The van der Waals surface area contributed by atoms with Gasteiger partial charge in [-0.15, -0.1) is 0 Å². The van der Waals surface area contributed by atoms with Crippen LogP contribution >= 0.6 is 0 Å². The van der Waals surface area contributed by atoms with Crippen LogP contribution in [0.4, 0.5) is 11.8 Å². The van der Waals surface area contributed by atoms with Crippen molar-refractivity contribution >= 4 is 22.9 Å². The van der Waals surface area contributed by atoms with Crippen LogP contribution < -0.4 is 11.5 Å². The largest absolute Gasteiger partial charge is 0.396 e. The zero-order chi connectivity index (χ0) is 15.0. The van der Waals surface area contributed by atoms with E-state index in [2.05, 4.69) is 15.0 Å². The van der Waals surface area contributed by atoms with Gasteiger partial charge >= 0.3 is 0 Å². The number of anilines is 2. The molecule has 21 heavy (non-hydrogen) atoms. The summed E-state index contributed by atoms with van der Waals surface area (Å²) in [5, 5.41) is 18.9. The van der Waals surface area contributed by atoms with Gasteiger partial charge in [-0.3, -0.25) is 0 Å². The molecule has 3 unspecified atom stereocenters. The van der Waals surface area contributed by atoms with Crippen molar-refractivity contribution in [1.29, 1.82) is 0 Å². The van der Waals surface area contributed by atoms with E-state index >= 15 is 0 Å². The molecule has 3 rings (SSSR count). The number of imidazole rings is 1. The fourth-order valence-electron chi connectivity index (χ4n) is 3.24. The first-order chi connectivity index (χ1) is 10.1. The second kappa shape index (κ2) is 5.45. The molecule has 114 valence electrons. The van der Waals surface area contributed by atoms with Crippen LogP contribution in [-0.4, -0.2) is 42.9 Å². The molecule has 1 aliphatic carbocycles. The minimum Gasteiger partial charge on any atom is -0.396 e. The summed E-state index contributed by atoms with van der Waals surface area (Å²) in [7, 11) is 0. The van der Waals surface area contributed by atoms with Crippen molar-refractivity contribution in [1.82, 2.24) is 19.5 Å². The van der Waals surface area contributed by atoms with Crippen LogP contribution in [0.5, 0.6) is 0 Å². The van der Waals surface area contributed by atoms with Gasteiger partial charge in [-0.2, -0.15) is 9.97 Å². The molecule has 2 aromatic rings. The molecule has 0 bridgehead atoms. The third kappa shape index (κ3) is 2.40. The Morgan fingerprint density at radius 3 is 2.62 bits per heavy atom. The number of aliphatic hydroxyl groups excluding tert-OH is 2. The fraction of sp³-hybridized carbons (Fsp3) is 0.615. The highest BCUT2D eigenvalue weighted by molar-refractivity contribution is 5.82. The monoisotopic (exact) mass is 292 g/mol. The number of nitrogen functional groups attached to an aromatic ring is 2. The molecule has 1 saturated carbocycles. The lowest BCUT2D eigenvalue weighted by Gasteiger charge is -2.34. The SMILES string of the molecule is Nc1nc(N)c2ncn(C3CCC(CO)C(CO)C3)c2n1. The highest BCUT2D eigenvalue weighted by atomic mass is 16.3. The lowest BCUT2D eigenvalue weighted by molar-refractivity contribution is 0.0678. The number of hydrogen-bond acceptors (Lipinski definition) is 7. The number of nitrogens with two attached hydrogens (primary N) is 2. The molecule has 3 atom stereocenters. The molecular formula is C13H20N6O2. The highest BCUT2D eigenvalue weighted by Gasteiger charge is 2.31. The minimum absolute atomic E-state index is 0.0770. The summed E-state index contributed by atoms with van der Waals surface area (Å²) in [5.74, 6) is 0.650. The first-order valence-electron chi connectivity index (χ1n) is 7.11. The number of fused-ring (bicyclic) bond motifs is 1. The standard InChI is InChI=1S/C13H20N6O2/c14-11-10-12(18-13(15)17-11)19(6-16-10)9-2-1-7(4-20)8(3-9)5-21/h6-9,20-21H,1-5H2,(H4,14,15,17,18). The van der Waals surface area contributed by atoms with Gasteiger partial charge in [0.25, 0.3) is 0 Å². The van der Waals surface area contributed by atoms with E-state index in [9.17, 15) is 10.2 Å². The summed E-state index contributed by atoms with van der Waals surface area (Å²) in [6.07, 6.45) is 4.24. The van der Waals surface area contributed by atoms with Crippen LogP contribution in [0.15, 0.2) is 6.33 Å². The van der Waals surface area contributed by atoms with E-state index in [0.29, 0.717) is 11.2 Å². The quantitative estimate of drug-likeness (QED) is 0.621. The summed E-state index contributed by atoms with van der Waals surface area (Å²) in [6.45, 7) is 0.193. The van der Waals surface area contributed by atoms with Crippen LogP contribution in [0, 0.1) is 11.8 Å². The Labute approximate surface area is 121 Å². The molecule has 1 fully saturated rings. The van der Waals surface area contributed by atoms with Crippen LogP contribution in [0.25, 0.3) is 11.2 Å². The zero-order valence-corrected chi connectivity index (χ0v) is 11.7. The van der Waals surface area contributed by atoms with Crippen LogP contribution in [0.1, 0.15) is 25.3 Å². The summed E-state index contributed by atoms with van der Waals surface area (Å²) >= 11 is 0. The summed E-state index contributed by atoms with van der Waals surface area (Å²) in [5.41, 5.74) is 12.7. The maximum atomic E-state index is 9.51. The lowest BCUT2D eigenvalue weighted by atomic mass is 9.77. The van der Waals surface area contributed by atoms with Gasteiger partial charge in [0.15, 0.2) is 11.5 Å². The molecule has 0 amide bonds. The first kappa shape index (κ1) is 14.0. The topological polar surface area (TPSA) is 136 Å². The molecular weight excluding hydrogens is 272 g/mol. The second-order valence-corrected chi connectivity index (χ2v) is 5.64. The molecule has 0 aromatic carbocycles. The predicted molar refractivity (Wildman–Crippen MR) is 78.2 cm³/mol. The van der Waals surface area contributed by atoms with Crippen molar-refractivity contribution in [3.8, 4) is 0 Å². The van der Waals surface area contributed by atoms with Gasteiger partial charge in [0.2, 0.25) is 5.95 Å². The Bertz CT molecular complexity index is 643. The van der Waals surface area contributed by atoms with Crippen molar-refractivity contribution in [3.05, 3.63) is 6.33 Å². The summed E-state index contributed by atoms with van der Waals surface area (Å²) < 4.78 is 1.96. The van der Waals surface area contributed by atoms with Crippen LogP contribution in [0.2, 0.25) is 0 Å². The number of nitrogens with zero attached hydrogens (tertiary/aromatic N) is 4. The van der Waals surface area contributed by atoms with Gasteiger partial charge < -0.3 is 26.2 Å². The Morgan fingerprint density at radius 1 is 1.14 bits per heavy atom. The van der Waals surface area contributed by atoms with E-state index < -0.39 is 0 Å². The van der Waals surface area contributed by atoms with Gasteiger partial charge in [-0.25, -0.2) is 4.98 Å². The minimum atomic E-state index is 0.0770. The fourth-order valence-corrected chi connectivity index (χ4v) is 3.24. The molecule has 8 heteroatoms. The molecule has 6 N–H and O–H groups in total. The normalized spacial score (nSPS) is 26.3. The van der Waals surface area contributed by atoms with Crippen molar-refractivity contribution in [2.75, 3.05) is 24.7 Å². The van der Waals surface area contributed by atoms with Gasteiger partial charge in [0.05, 0.1) is 6.33 Å². The third-order valence-electron chi connectivity index (χ3n) is 4.44. The average Bonchev–Trinajstić information content (AvgIpc) is 2.90. The Hall–Kier alpha value is -1.93. The number of aromatic nitrogens is 4. The molecule has 8 nitrogen and oxygen atoms in total. The maximum Gasteiger partial charge on any atom is 0.224 e. The van der Waals surface area contributed by atoms with Crippen LogP contribution in [-0.2, 0) is 0 Å². The number of aliphatic hydroxyl groups is 2. The van der Waals surface area contributed by atoms with E-state index in [-0.39, 0.29) is 42.9 Å². The molecule has 2 aromatic heterocycles. The van der Waals surface area contributed by atoms with Gasteiger partial charge in [0, 0.05) is 19.3 Å². The Balaban J connectivity index is 1.94. The summed E-state index contributed by atoms with van der Waals surface area (Å²) in [6, 6.07) is 0.170. The zero-order valence-electron chi connectivity index (χ0n) is 11.7. The number of hydrogen-bond donors (Lipinski definition) is 4. The molecule has 0 saturated heterocycles. The van der Waals surface area contributed by atoms with E-state index in [1.54, 1.807) is 6.33 Å². The highest BCUT2D eigenvalue weighted by Crippen LogP contribution is 2.37. The van der Waals surface area contributed by atoms with Gasteiger partial charge in [-0.1, -0.05) is 0 Å². The second-order valence-electron chi connectivity index (χ2n) is 5.64. The van der Waals surface area contributed by atoms with E-state index in [1.165, 1.54) is 0 Å². The van der Waals surface area contributed by atoms with Gasteiger partial charge in [0.1, 0.15) is 5.52 Å². The summed E-state index contributed by atoms with van der Waals surface area (Å²) in [4.78, 5) is 12.4. The van der Waals surface area contributed by atoms with Gasteiger partial charge in [-0.05, 0) is 31.1 Å². The Kier molecular flexibility index (Phi) is 3.64. The van der Waals surface area contributed by atoms with Crippen molar-refractivity contribution in [2.24, 2.45) is 11.8 Å². The van der Waals surface area contributed by atoms with E-state index in [0.717, 1.165) is 19.3 Å². The molecule has 0 radical (unpaired) electrons. The third-order valence-corrected chi connectivity index (χ3v) is 4.44. The smallest absolute Gasteiger partial charge is 0.224 e. The predicted octanol–water partition coefficient (Wildman–Crippen LogP) is -0.0673. The van der Waals surface area contributed by atoms with Crippen LogP contribution in [0.3, 0.4) is 0 Å². The number of rotatable bonds is 3. The lowest BCUT2D eigenvalue weighted by Crippen LogP contribution is -2.31. The molecule has 1 aliphatic rings. The molecule has 0 aliphatic heterocycles. The van der Waals surface area contributed by atoms with Crippen molar-refractivity contribution in [3.63, 3.8) is 0 Å². The first-order valence-corrected chi connectivity index (χ1v) is 7.11. The molecule has 0 spiro atoms. The molecule has 2 heterocycles. The average molecular weight is 292 g/mol. The van der Waals surface area contributed by atoms with Crippen molar-refractivity contribution in [2.45, 2.75) is 25.3 Å².